The molecular formula is C15H22N4O. The molecule has 0 spiro atoms. The van der Waals surface area contributed by atoms with Gasteiger partial charge in [0.2, 0.25) is 0 Å². The van der Waals surface area contributed by atoms with Gasteiger partial charge in [-0.1, -0.05) is 44.2 Å². The third-order valence-electron chi connectivity index (χ3n) is 3.73. The van der Waals surface area contributed by atoms with E-state index in [1.54, 1.807) is 0 Å². The maximum atomic E-state index is 10.2. The van der Waals surface area contributed by atoms with Gasteiger partial charge in [0.05, 0.1) is 5.60 Å². The van der Waals surface area contributed by atoms with Crippen LogP contribution in [-0.4, -0.2) is 32.7 Å². The number of aromatic nitrogens is 3. The second kappa shape index (κ2) is 6.63. The lowest BCUT2D eigenvalue weighted by molar-refractivity contribution is 0.0322. The zero-order valence-electron chi connectivity index (χ0n) is 12.1. The molecule has 5 nitrogen and oxygen atoms in total. The van der Waals surface area contributed by atoms with Gasteiger partial charge in [-0.3, -0.25) is 0 Å². The monoisotopic (exact) mass is 274 g/mol. The maximum Gasteiger partial charge on any atom is 0.117 e. The summed E-state index contributed by atoms with van der Waals surface area (Å²) in [5.41, 5.74) is 2.12. The highest BCUT2D eigenvalue weighted by atomic mass is 16.3. The van der Waals surface area contributed by atoms with Gasteiger partial charge in [0, 0.05) is 18.7 Å². The van der Waals surface area contributed by atoms with Crippen molar-refractivity contribution in [3.05, 3.63) is 36.0 Å². The summed E-state index contributed by atoms with van der Waals surface area (Å²) in [5.74, 6) is 0. The predicted octanol–water partition coefficient (Wildman–Crippen LogP) is 2.11. The Bertz CT molecular complexity index is 520. The molecule has 3 N–H and O–H groups in total. The number of aliphatic hydroxyl groups is 1. The van der Waals surface area contributed by atoms with E-state index < -0.39 is 5.60 Å². The summed E-state index contributed by atoms with van der Waals surface area (Å²) >= 11 is 0. The maximum absolute atomic E-state index is 10.2. The molecule has 0 aliphatic heterocycles. The molecule has 108 valence electrons. The molecule has 1 aromatic carbocycles. The van der Waals surface area contributed by atoms with Gasteiger partial charge >= 0.3 is 0 Å². The van der Waals surface area contributed by atoms with E-state index in [2.05, 4.69) is 20.7 Å². The van der Waals surface area contributed by atoms with Crippen LogP contribution in [0.15, 0.2) is 30.3 Å². The van der Waals surface area contributed by atoms with Crippen LogP contribution in [0.5, 0.6) is 0 Å². The van der Waals surface area contributed by atoms with Crippen LogP contribution in [0.4, 0.5) is 0 Å². The predicted molar refractivity (Wildman–Crippen MR) is 79.1 cm³/mol. The van der Waals surface area contributed by atoms with Gasteiger partial charge < -0.3 is 10.4 Å². The van der Waals surface area contributed by atoms with Crippen molar-refractivity contribution in [1.29, 1.82) is 0 Å². The number of nitrogens with one attached hydrogen (secondary N) is 2. The van der Waals surface area contributed by atoms with Crippen molar-refractivity contribution < 1.29 is 5.11 Å². The summed E-state index contributed by atoms with van der Waals surface area (Å²) in [5, 5.41) is 24.6. The van der Waals surface area contributed by atoms with E-state index in [9.17, 15) is 5.11 Å². The first-order valence-corrected chi connectivity index (χ1v) is 7.06. The molecule has 20 heavy (non-hydrogen) atoms. The molecule has 1 heterocycles. The molecule has 0 unspecified atom stereocenters. The second-order valence-electron chi connectivity index (χ2n) is 5.02. The van der Waals surface area contributed by atoms with Crippen LogP contribution in [0.1, 0.15) is 32.4 Å². The molecular weight excluding hydrogens is 252 g/mol. The van der Waals surface area contributed by atoms with Crippen molar-refractivity contribution in [2.24, 2.45) is 0 Å². The standard InChI is InChI=1S/C15H22N4O/c1-3-15(20,4-2)11-16-10-13-14(18-19-17-13)12-8-6-5-7-9-12/h5-9,16,20H,3-4,10-11H2,1-2H3,(H,17,18,19). The zero-order valence-corrected chi connectivity index (χ0v) is 12.1. The Balaban J connectivity index is 2.00. The molecule has 2 rings (SSSR count). The molecule has 0 saturated carbocycles. The first-order chi connectivity index (χ1) is 9.68. The lowest BCUT2D eigenvalue weighted by Crippen LogP contribution is -2.39. The van der Waals surface area contributed by atoms with Crippen LogP contribution in [0, 0.1) is 0 Å². The molecule has 0 aliphatic rings. The topological polar surface area (TPSA) is 73.8 Å². The number of hydrogen-bond donors (Lipinski definition) is 3. The highest BCUT2D eigenvalue weighted by molar-refractivity contribution is 5.60. The highest BCUT2D eigenvalue weighted by Crippen LogP contribution is 2.19. The summed E-state index contributed by atoms with van der Waals surface area (Å²) in [4.78, 5) is 0. The van der Waals surface area contributed by atoms with Crippen molar-refractivity contribution in [3.8, 4) is 11.3 Å². The van der Waals surface area contributed by atoms with E-state index in [0.29, 0.717) is 13.1 Å². The number of aromatic amines is 1. The van der Waals surface area contributed by atoms with Crippen LogP contribution >= 0.6 is 0 Å². The first kappa shape index (κ1) is 14.7. The van der Waals surface area contributed by atoms with Gasteiger partial charge in [-0.25, -0.2) is 0 Å². The van der Waals surface area contributed by atoms with E-state index in [4.69, 9.17) is 0 Å². The number of hydrogen-bond acceptors (Lipinski definition) is 4. The van der Waals surface area contributed by atoms with Crippen molar-refractivity contribution in [2.45, 2.75) is 38.8 Å². The van der Waals surface area contributed by atoms with Crippen LogP contribution in [0.25, 0.3) is 11.3 Å². The molecule has 5 heteroatoms. The fourth-order valence-electron chi connectivity index (χ4n) is 2.12. The molecule has 0 atom stereocenters. The fraction of sp³-hybridized carbons (Fsp3) is 0.467. The Morgan fingerprint density at radius 2 is 1.85 bits per heavy atom. The summed E-state index contributed by atoms with van der Waals surface area (Å²) in [7, 11) is 0. The highest BCUT2D eigenvalue weighted by Gasteiger charge is 2.21. The molecule has 0 radical (unpaired) electrons. The van der Waals surface area contributed by atoms with Gasteiger partial charge in [-0.15, -0.1) is 0 Å². The minimum Gasteiger partial charge on any atom is -0.389 e. The first-order valence-electron chi connectivity index (χ1n) is 7.06. The Kier molecular flexibility index (Phi) is 4.87. The number of nitrogens with zero attached hydrogens (tertiary/aromatic N) is 2. The van der Waals surface area contributed by atoms with Gasteiger partial charge in [0.1, 0.15) is 11.4 Å². The van der Waals surface area contributed by atoms with Crippen molar-refractivity contribution in [3.63, 3.8) is 0 Å². The summed E-state index contributed by atoms with van der Waals surface area (Å²) in [6.45, 7) is 5.14. The second-order valence-corrected chi connectivity index (χ2v) is 5.02. The molecule has 0 bridgehead atoms. The summed E-state index contributed by atoms with van der Waals surface area (Å²) in [6, 6.07) is 9.96. The smallest absolute Gasteiger partial charge is 0.117 e. The largest absolute Gasteiger partial charge is 0.389 e. The third kappa shape index (κ3) is 3.43. The molecule has 0 aliphatic carbocycles. The number of benzene rings is 1. The summed E-state index contributed by atoms with van der Waals surface area (Å²) < 4.78 is 0. The summed E-state index contributed by atoms with van der Waals surface area (Å²) in [6.07, 6.45) is 1.47. The van der Waals surface area contributed by atoms with E-state index in [0.717, 1.165) is 29.8 Å². The van der Waals surface area contributed by atoms with Crippen molar-refractivity contribution >= 4 is 0 Å². The van der Waals surface area contributed by atoms with Gasteiger partial charge in [0.15, 0.2) is 0 Å². The number of H-pyrrole nitrogens is 1. The Labute approximate surface area is 119 Å². The van der Waals surface area contributed by atoms with Gasteiger partial charge in [-0.2, -0.15) is 15.4 Å². The normalized spacial score (nSPS) is 11.8. The number of rotatable bonds is 7. The molecule has 0 amide bonds. The van der Waals surface area contributed by atoms with Crippen LogP contribution in [0.2, 0.25) is 0 Å². The van der Waals surface area contributed by atoms with Crippen molar-refractivity contribution in [1.82, 2.24) is 20.7 Å². The van der Waals surface area contributed by atoms with Crippen LogP contribution < -0.4 is 5.32 Å². The minimum atomic E-state index is -0.642. The van der Waals surface area contributed by atoms with Gasteiger partial charge in [0.25, 0.3) is 0 Å². The van der Waals surface area contributed by atoms with Crippen LogP contribution in [0.3, 0.4) is 0 Å². The lowest BCUT2D eigenvalue weighted by atomic mass is 9.97. The zero-order chi connectivity index (χ0) is 14.4. The Hall–Kier alpha value is -1.72. The minimum absolute atomic E-state index is 0.557. The molecule has 0 saturated heterocycles. The average Bonchev–Trinajstić information content (AvgIpc) is 2.96. The van der Waals surface area contributed by atoms with Crippen molar-refractivity contribution in [2.75, 3.05) is 6.54 Å². The quantitative estimate of drug-likeness (QED) is 0.723. The molecule has 1 aromatic heterocycles. The Morgan fingerprint density at radius 3 is 2.50 bits per heavy atom. The molecule has 2 aromatic rings. The lowest BCUT2D eigenvalue weighted by Gasteiger charge is -2.25. The Morgan fingerprint density at radius 1 is 1.15 bits per heavy atom. The van der Waals surface area contributed by atoms with E-state index in [-0.39, 0.29) is 0 Å². The SMILES string of the molecule is CCC(O)(CC)CNCc1n[nH]nc1-c1ccccc1. The van der Waals surface area contributed by atoms with E-state index in [1.165, 1.54) is 0 Å². The average molecular weight is 274 g/mol. The van der Waals surface area contributed by atoms with E-state index in [1.807, 2.05) is 44.2 Å². The van der Waals surface area contributed by atoms with E-state index >= 15 is 0 Å². The third-order valence-corrected chi connectivity index (χ3v) is 3.73. The van der Waals surface area contributed by atoms with Gasteiger partial charge in [-0.05, 0) is 12.8 Å². The van der Waals surface area contributed by atoms with Crippen LogP contribution in [-0.2, 0) is 6.54 Å². The molecule has 0 fully saturated rings. The fourth-order valence-corrected chi connectivity index (χ4v) is 2.12.